The minimum atomic E-state index is -0.565. The molecule has 0 heterocycles. The standard InChI is InChI=1S/C23H38N2O6/c1-16(2)19(24-22(27)31-23(3,4)5)14-17-10-11-18(21(26)25(6)29-8)20(15-17)30-13-9-12-28-7/h10-11,15-16,19H,9,12-14H2,1-8H3,(H,24,27). The van der Waals surface area contributed by atoms with Crippen molar-refractivity contribution in [2.75, 3.05) is 34.5 Å². The minimum absolute atomic E-state index is 0.139. The normalized spacial score (nSPS) is 12.4. The van der Waals surface area contributed by atoms with Gasteiger partial charge in [0.1, 0.15) is 11.4 Å². The SMILES string of the molecule is COCCCOc1cc(CC(NC(=O)OC(C)(C)C)C(C)C)ccc1C(=O)N(C)OC. The van der Waals surface area contributed by atoms with E-state index in [4.69, 9.17) is 19.0 Å². The highest BCUT2D eigenvalue weighted by molar-refractivity contribution is 5.96. The summed E-state index contributed by atoms with van der Waals surface area (Å²) in [5.41, 5.74) is 0.782. The van der Waals surface area contributed by atoms with E-state index in [-0.39, 0.29) is 17.9 Å². The van der Waals surface area contributed by atoms with Gasteiger partial charge in [-0.05, 0) is 50.8 Å². The van der Waals surface area contributed by atoms with E-state index in [1.807, 2.05) is 46.8 Å². The molecule has 2 amide bonds. The molecule has 0 aromatic heterocycles. The first-order chi connectivity index (χ1) is 14.5. The number of hydrogen-bond acceptors (Lipinski definition) is 6. The Bertz CT molecular complexity index is 715. The summed E-state index contributed by atoms with van der Waals surface area (Å²) in [5.74, 6) is 0.352. The van der Waals surface area contributed by atoms with Gasteiger partial charge in [-0.1, -0.05) is 19.9 Å². The Morgan fingerprint density at radius 1 is 1.13 bits per heavy atom. The van der Waals surface area contributed by atoms with E-state index >= 15 is 0 Å². The van der Waals surface area contributed by atoms with E-state index < -0.39 is 11.7 Å². The van der Waals surface area contributed by atoms with E-state index in [0.717, 1.165) is 10.6 Å². The number of hydrogen-bond donors (Lipinski definition) is 1. The summed E-state index contributed by atoms with van der Waals surface area (Å²) in [5, 5.41) is 4.10. The third-order valence-corrected chi connectivity index (χ3v) is 4.55. The Labute approximate surface area is 186 Å². The van der Waals surface area contributed by atoms with Crippen molar-refractivity contribution in [1.29, 1.82) is 0 Å². The summed E-state index contributed by atoms with van der Waals surface area (Å²) in [4.78, 5) is 29.9. The van der Waals surface area contributed by atoms with Crippen LogP contribution >= 0.6 is 0 Å². The first-order valence-electron chi connectivity index (χ1n) is 10.5. The fraction of sp³-hybridized carbons (Fsp3) is 0.652. The molecule has 1 N–H and O–H groups in total. The lowest BCUT2D eigenvalue weighted by Crippen LogP contribution is -2.43. The molecule has 0 bridgehead atoms. The molecular weight excluding hydrogens is 400 g/mol. The topological polar surface area (TPSA) is 86.3 Å². The maximum Gasteiger partial charge on any atom is 0.407 e. The molecule has 176 valence electrons. The molecule has 0 aliphatic carbocycles. The van der Waals surface area contributed by atoms with Gasteiger partial charge < -0.3 is 19.5 Å². The van der Waals surface area contributed by atoms with Gasteiger partial charge in [0.25, 0.3) is 5.91 Å². The predicted molar refractivity (Wildman–Crippen MR) is 119 cm³/mol. The number of carbonyl (C=O) groups excluding carboxylic acids is 2. The molecule has 31 heavy (non-hydrogen) atoms. The zero-order chi connectivity index (χ0) is 23.6. The molecule has 1 aromatic carbocycles. The predicted octanol–water partition coefficient (Wildman–Crippen LogP) is 3.83. The van der Waals surface area contributed by atoms with Gasteiger partial charge in [0.15, 0.2) is 0 Å². The molecule has 1 aromatic rings. The summed E-state index contributed by atoms with van der Waals surface area (Å²) >= 11 is 0. The van der Waals surface area contributed by atoms with Crippen LogP contribution in [0.4, 0.5) is 4.79 Å². The highest BCUT2D eigenvalue weighted by atomic mass is 16.7. The first-order valence-corrected chi connectivity index (χ1v) is 10.5. The number of alkyl carbamates (subject to hydrolysis) is 1. The molecule has 0 saturated heterocycles. The smallest absolute Gasteiger partial charge is 0.407 e. The lowest BCUT2D eigenvalue weighted by atomic mass is 9.95. The summed E-state index contributed by atoms with van der Waals surface area (Å²) < 4.78 is 16.3. The second-order valence-electron chi connectivity index (χ2n) is 8.71. The van der Waals surface area contributed by atoms with Crippen molar-refractivity contribution in [3.8, 4) is 5.75 Å². The number of hydroxylamine groups is 2. The van der Waals surface area contributed by atoms with Crippen molar-refractivity contribution in [3.63, 3.8) is 0 Å². The van der Waals surface area contributed by atoms with Crippen LogP contribution in [0.5, 0.6) is 5.75 Å². The minimum Gasteiger partial charge on any atom is -0.493 e. The van der Waals surface area contributed by atoms with Crippen LogP contribution in [0, 0.1) is 5.92 Å². The third kappa shape index (κ3) is 9.57. The van der Waals surface area contributed by atoms with Gasteiger partial charge in [0, 0.05) is 33.2 Å². The highest BCUT2D eigenvalue weighted by Gasteiger charge is 2.23. The van der Waals surface area contributed by atoms with Crippen molar-refractivity contribution in [3.05, 3.63) is 29.3 Å². The van der Waals surface area contributed by atoms with E-state index in [2.05, 4.69) is 5.32 Å². The molecule has 1 unspecified atom stereocenters. The lowest BCUT2D eigenvalue weighted by molar-refractivity contribution is -0.0758. The molecule has 0 saturated carbocycles. The summed E-state index contributed by atoms with van der Waals surface area (Å²) in [6.07, 6.45) is 0.819. The number of rotatable bonds is 11. The van der Waals surface area contributed by atoms with Crippen molar-refractivity contribution >= 4 is 12.0 Å². The number of carbonyl (C=O) groups is 2. The zero-order valence-corrected chi connectivity index (χ0v) is 20.1. The summed E-state index contributed by atoms with van der Waals surface area (Å²) in [6, 6.07) is 5.30. The van der Waals surface area contributed by atoms with Crippen LogP contribution in [0.3, 0.4) is 0 Å². The molecule has 1 atom stereocenters. The van der Waals surface area contributed by atoms with Crippen LogP contribution in [0.1, 0.15) is 57.0 Å². The van der Waals surface area contributed by atoms with Crippen LogP contribution in [0.2, 0.25) is 0 Å². The third-order valence-electron chi connectivity index (χ3n) is 4.55. The molecule has 8 heteroatoms. The first kappa shape index (κ1) is 26.7. The fourth-order valence-corrected chi connectivity index (χ4v) is 2.79. The Kier molecular flexibility index (Phi) is 10.8. The average molecular weight is 439 g/mol. The lowest BCUT2D eigenvalue weighted by Gasteiger charge is -2.26. The van der Waals surface area contributed by atoms with Crippen LogP contribution in [-0.2, 0) is 20.7 Å². The maximum absolute atomic E-state index is 12.6. The highest BCUT2D eigenvalue weighted by Crippen LogP contribution is 2.24. The van der Waals surface area contributed by atoms with Crippen molar-refractivity contribution in [2.24, 2.45) is 5.92 Å². The quantitative estimate of drug-likeness (QED) is 0.417. The Hall–Kier alpha value is -2.32. The van der Waals surface area contributed by atoms with Crippen LogP contribution < -0.4 is 10.1 Å². The van der Waals surface area contributed by atoms with Crippen LogP contribution in [-0.4, -0.2) is 63.2 Å². The van der Waals surface area contributed by atoms with E-state index in [0.29, 0.717) is 37.4 Å². The second-order valence-corrected chi connectivity index (χ2v) is 8.71. The Balaban J connectivity index is 3.05. The molecular formula is C23H38N2O6. The fourth-order valence-electron chi connectivity index (χ4n) is 2.79. The van der Waals surface area contributed by atoms with Gasteiger partial charge in [-0.2, -0.15) is 0 Å². The molecule has 8 nitrogen and oxygen atoms in total. The van der Waals surface area contributed by atoms with Crippen LogP contribution in [0.25, 0.3) is 0 Å². The summed E-state index contributed by atoms with van der Waals surface area (Å²) in [6.45, 7) is 10.5. The zero-order valence-electron chi connectivity index (χ0n) is 20.1. The average Bonchev–Trinajstić information content (AvgIpc) is 2.68. The van der Waals surface area contributed by atoms with Crippen molar-refractivity contribution < 1.29 is 28.6 Å². The van der Waals surface area contributed by atoms with Gasteiger partial charge in [0.05, 0.1) is 19.3 Å². The molecule has 0 spiro atoms. The number of methoxy groups -OCH3 is 1. The Morgan fingerprint density at radius 3 is 2.35 bits per heavy atom. The Morgan fingerprint density at radius 2 is 1.81 bits per heavy atom. The second kappa shape index (κ2) is 12.5. The van der Waals surface area contributed by atoms with E-state index in [1.54, 1.807) is 20.2 Å². The number of nitrogens with one attached hydrogen (secondary N) is 1. The summed E-state index contributed by atoms with van der Waals surface area (Å²) in [7, 11) is 4.61. The van der Waals surface area contributed by atoms with Gasteiger partial charge in [-0.25, -0.2) is 9.86 Å². The molecule has 0 aliphatic rings. The molecule has 0 fully saturated rings. The molecule has 0 radical (unpaired) electrons. The van der Waals surface area contributed by atoms with Crippen LogP contribution in [0.15, 0.2) is 18.2 Å². The maximum atomic E-state index is 12.6. The van der Waals surface area contributed by atoms with Crippen molar-refractivity contribution in [2.45, 2.75) is 59.1 Å². The van der Waals surface area contributed by atoms with Crippen molar-refractivity contribution in [1.82, 2.24) is 10.4 Å². The van der Waals surface area contributed by atoms with Gasteiger partial charge in [-0.15, -0.1) is 0 Å². The van der Waals surface area contributed by atoms with E-state index in [9.17, 15) is 9.59 Å². The van der Waals surface area contributed by atoms with Gasteiger partial charge in [0.2, 0.25) is 0 Å². The monoisotopic (exact) mass is 438 g/mol. The van der Waals surface area contributed by atoms with Gasteiger partial charge >= 0.3 is 6.09 Å². The van der Waals surface area contributed by atoms with Gasteiger partial charge in [-0.3, -0.25) is 9.63 Å². The molecule has 1 rings (SSSR count). The number of benzene rings is 1. The largest absolute Gasteiger partial charge is 0.493 e. The number of nitrogens with zero attached hydrogens (tertiary/aromatic N) is 1. The molecule has 0 aliphatic heterocycles. The number of ether oxygens (including phenoxy) is 3. The van der Waals surface area contributed by atoms with E-state index in [1.165, 1.54) is 7.11 Å². The number of amides is 2.